The fourth-order valence-electron chi connectivity index (χ4n) is 1.81. The topological polar surface area (TPSA) is 28.2 Å². The van der Waals surface area contributed by atoms with Crippen LogP contribution in [0.1, 0.15) is 24.8 Å². The number of rotatable bonds is 2. The van der Waals surface area contributed by atoms with Crippen LogP contribution in [0.5, 0.6) is 0 Å². The lowest BCUT2D eigenvalue weighted by Gasteiger charge is -2.27. The van der Waals surface area contributed by atoms with Crippen molar-refractivity contribution in [3.63, 3.8) is 0 Å². The summed E-state index contributed by atoms with van der Waals surface area (Å²) in [5, 5.41) is 2.26. The lowest BCUT2D eigenvalue weighted by Crippen LogP contribution is -2.35. The van der Waals surface area contributed by atoms with Gasteiger partial charge in [0.15, 0.2) is 0 Å². The van der Waals surface area contributed by atoms with Crippen molar-refractivity contribution < 1.29 is 0 Å². The molecule has 1 fully saturated rings. The maximum Gasteiger partial charge on any atom is 0.143 e. The Balaban J connectivity index is 2.03. The quantitative estimate of drug-likeness (QED) is 0.895. The van der Waals surface area contributed by atoms with Crippen molar-refractivity contribution in [3.8, 4) is 0 Å². The van der Waals surface area contributed by atoms with E-state index in [4.69, 9.17) is 0 Å². The lowest BCUT2D eigenvalue weighted by molar-refractivity contribution is 0.272. The number of hydrogen-bond acceptors (Lipinski definition) is 3. The van der Waals surface area contributed by atoms with Gasteiger partial charge in [0.05, 0.1) is 0 Å². The van der Waals surface area contributed by atoms with Crippen molar-refractivity contribution in [1.29, 1.82) is 0 Å². The molecule has 0 radical (unpaired) electrons. The van der Waals surface area contributed by atoms with E-state index >= 15 is 0 Å². The first kappa shape index (κ1) is 10.9. The van der Waals surface area contributed by atoms with E-state index < -0.39 is 0 Å². The zero-order valence-electron chi connectivity index (χ0n) is 8.96. The summed E-state index contributed by atoms with van der Waals surface area (Å²) in [7, 11) is 0. The molecule has 0 aromatic carbocycles. The number of nitrogens with one attached hydrogen (secondary N) is 1. The van der Waals surface area contributed by atoms with Crippen molar-refractivity contribution in [2.75, 3.05) is 18.5 Å². The summed E-state index contributed by atoms with van der Waals surface area (Å²) in [5.74, 6) is 0.972. The summed E-state index contributed by atoms with van der Waals surface area (Å²) in [6.07, 6.45) is 5.75. The molecule has 0 atom stereocenters. The van der Waals surface area contributed by atoms with E-state index in [1.807, 2.05) is 6.20 Å². The van der Waals surface area contributed by atoms with Gasteiger partial charge in [0.1, 0.15) is 5.82 Å². The predicted molar refractivity (Wildman–Crippen MR) is 65.7 cm³/mol. The first-order chi connectivity index (χ1) is 7.25. The summed E-state index contributed by atoms with van der Waals surface area (Å²) in [4.78, 5) is 4.37. The van der Waals surface area contributed by atoms with Crippen molar-refractivity contribution in [2.45, 2.75) is 26.2 Å². The summed E-state index contributed by atoms with van der Waals surface area (Å²) in [5.41, 5.74) is 4.55. The Morgan fingerprint density at radius 2 is 2.07 bits per heavy atom. The second-order valence-electron chi connectivity index (χ2n) is 3.98. The van der Waals surface area contributed by atoms with Crippen LogP contribution in [0, 0.1) is 6.92 Å². The molecule has 15 heavy (non-hydrogen) atoms. The molecule has 1 saturated heterocycles. The average Bonchev–Trinajstić information content (AvgIpc) is 2.24. The van der Waals surface area contributed by atoms with Gasteiger partial charge in [-0.3, -0.25) is 0 Å². The van der Waals surface area contributed by atoms with Gasteiger partial charge in [0, 0.05) is 23.8 Å². The lowest BCUT2D eigenvalue weighted by atomic mass is 10.2. The van der Waals surface area contributed by atoms with E-state index in [1.165, 1.54) is 24.8 Å². The number of nitrogens with zero attached hydrogens (tertiary/aromatic N) is 2. The van der Waals surface area contributed by atoms with Crippen LogP contribution in [-0.2, 0) is 0 Å². The van der Waals surface area contributed by atoms with E-state index in [0.29, 0.717) is 0 Å². The number of pyridine rings is 1. The van der Waals surface area contributed by atoms with Crippen molar-refractivity contribution in [3.05, 3.63) is 22.3 Å². The second-order valence-corrected chi connectivity index (χ2v) is 4.89. The van der Waals surface area contributed by atoms with Crippen molar-refractivity contribution in [2.24, 2.45) is 0 Å². The van der Waals surface area contributed by atoms with E-state index in [0.717, 1.165) is 23.4 Å². The molecule has 0 amide bonds. The van der Waals surface area contributed by atoms with Gasteiger partial charge in [-0.05, 0) is 47.3 Å². The van der Waals surface area contributed by atoms with Crippen molar-refractivity contribution >= 4 is 21.7 Å². The van der Waals surface area contributed by atoms with Gasteiger partial charge in [-0.2, -0.15) is 0 Å². The normalized spacial score (nSPS) is 17.7. The number of aryl methyl sites for hydroxylation is 1. The highest BCUT2D eigenvalue weighted by molar-refractivity contribution is 9.10. The fourth-order valence-corrected chi connectivity index (χ4v) is 2.26. The van der Waals surface area contributed by atoms with Crippen LogP contribution in [0.15, 0.2) is 16.7 Å². The van der Waals surface area contributed by atoms with Crippen LogP contribution in [-0.4, -0.2) is 23.1 Å². The number of halogens is 1. The van der Waals surface area contributed by atoms with Crippen molar-refractivity contribution in [1.82, 2.24) is 9.99 Å². The molecule has 2 rings (SSSR count). The zero-order valence-corrected chi connectivity index (χ0v) is 10.5. The average molecular weight is 270 g/mol. The Kier molecular flexibility index (Phi) is 3.59. The maximum atomic E-state index is 4.37. The van der Waals surface area contributed by atoms with Crippen LogP contribution >= 0.6 is 15.9 Å². The Labute approximate surface area is 99.0 Å². The highest BCUT2D eigenvalue weighted by atomic mass is 79.9. The van der Waals surface area contributed by atoms with Gasteiger partial charge in [-0.25, -0.2) is 9.99 Å². The Hall–Kier alpha value is -0.610. The molecule has 0 saturated carbocycles. The molecule has 1 aromatic heterocycles. The molecule has 1 aromatic rings. The molecular weight excluding hydrogens is 254 g/mol. The minimum Gasteiger partial charge on any atom is -0.303 e. The van der Waals surface area contributed by atoms with Gasteiger partial charge >= 0.3 is 0 Å². The molecular formula is C11H16BrN3. The third-order valence-electron chi connectivity index (χ3n) is 2.66. The number of hydrazine groups is 1. The van der Waals surface area contributed by atoms with Crippen LogP contribution in [0.3, 0.4) is 0 Å². The van der Waals surface area contributed by atoms with Crippen LogP contribution in [0.4, 0.5) is 5.82 Å². The molecule has 1 aliphatic heterocycles. The number of anilines is 1. The molecule has 0 spiro atoms. The molecule has 1 N–H and O–H groups in total. The SMILES string of the molecule is Cc1cc(Br)cnc1NN1CCCCC1. The second kappa shape index (κ2) is 4.94. The molecule has 82 valence electrons. The summed E-state index contributed by atoms with van der Waals surface area (Å²) >= 11 is 3.42. The molecule has 4 heteroatoms. The first-order valence-electron chi connectivity index (χ1n) is 5.39. The Morgan fingerprint density at radius 3 is 2.73 bits per heavy atom. The van der Waals surface area contributed by atoms with E-state index in [2.05, 4.69) is 44.3 Å². The monoisotopic (exact) mass is 269 g/mol. The molecule has 0 unspecified atom stereocenters. The molecule has 3 nitrogen and oxygen atoms in total. The number of hydrogen-bond donors (Lipinski definition) is 1. The Bertz CT molecular complexity index is 335. The Morgan fingerprint density at radius 1 is 1.33 bits per heavy atom. The zero-order chi connectivity index (χ0) is 10.7. The third-order valence-corrected chi connectivity index (χ3v) is 3.10. The smallest absolute Gasteiger partial charge is 0.143 e. The molecule has 2 heterocycles. The van der Waals surface area contributed by atoms with E-state index in [1.54, 1.807) is 0 Å². The van der Waals surface area contributed by atoms with E-state index in [-0.39, 0.29) is 0 Å². The minimum atomic E-state index is 0.972. The van der Waals surface area contributed by atoms with E-state index in [9.17, 15) is 0 Å². The molecule has 1 aliphatic rings. The summed E-state index contributed by atoms with van der Waals surface area (Å²) in [6, 6.07) is 2.08. The largest absolute Gasteiger partial charge is 0.303 e. The predicted octanol–water partition coefficient (Wildman–Crippen LogP) is 2.97. The van der Waals surface area contributed by atoms with Crippen LogP contribution < -0.4 is 5.43 Å². The van der Waals surface area contributed by atoms with Gasteiger partial charge in [0.25, 0.3) is 0 Å². The first-order valence-corrected chi connectivity index (χ1v) is 6.19. The summed E-state index contributed by atoms with van der Waals surface area (Å²) in [6.45, 7) is 4.32. The maximum absolute atomic E-state index is 4.37. The fraction of sp³-hybridized carbons (Fsp3) is 0.545. The number of aromatic nitrogens is 1. The third kappa shape index (κ3) is 2.92. The van der Waals surface area contributed by atoms with Crippen LogP contribution in [0.2, 0.25) is 0 Å². The van der Waals surface area contributed by atoms with Gasteiger partial charge in [0.2, 0.25) is 0 Å². The number of piperidine rings is 1. The standard InChI is InChI=1S/C11H16BrN3/c1-9-7-10(12)8-13-11(9)14-15-5-3-2-4-6-15/h7-8H,2-6H2,1H3,(H,13,14). The molecule has 0 aliphatic carbocycles. The summed E-state index contributed by atoms with van der Waals surface area (Å²) < 4.78 is 1.03. The van der Waals surface area contributed by atoms with Crippen LogP contribution in [0.25, 0.3) is 0 Å². The van der Waals surface area contributed by atoms with Gasteiger partial charge in [-0.15, -0.1) is 0 Å². The highest BCUT2D eigenvalue weighted by Gasteiger charge is 2.11. The highest BCUT2D eigenvalue weighted by Crippen LogP contribution is 2.18. The molecule has 0 bridgehead atoms. The minimum absolute atomic E-state index is 0.972. The van der Waals surface area contributed by atoms with Gasteiger partial charge in [-0.1, -0.05) is 6.42 Å². The van der Waals surface area contributed by atoms with Gasteiger partial charge < -0.3 is 5.43 Å².